The van der Waals surface area contributed by atoms with Gasteiger partial charge in [-0.05, 0) is 49.7 Å². The van der Waals surface area contributed by atoms with E-state index in [0.717, 1.165) is 15.8 Å². The lowest BCUT2D eigenvalue weighted by atomic mass is 10.1. The molecule has 1 saturated heterocycles. The molecular weight excluding hydrogens is 400 g/mol. The first kappa shape index (κ1) is 18.7. The summed E-state index contributed by atoms with van der Waals surface area (Å²) in [7, 11) is 0. The maximum atomic E-state index is 12.3. The minimum atomic E-state index is -0.509. The average Bonchev–Trinajstić information content (AvgIpc) is 3.03. The maximum absolute atomic E-state index is 12.3. The smallest absolute Gasteiger partial charge is 0.410 e. The van der Waals surface area contributed by atoms with Crippen molar-refractivity contribution in [3.05, 3.63) is 28.6 Å². The topological polar surface area (TPSA) is 67.2 Å². The fourth-order valence-corrected chi connectivity index (χ4v) is 3.57. The monoisotopic (exact) mass is 422 g/mol. The molecule has 1 amide bonds. The number of carbonyl (C=O) groups is 2. The number of hydrogen-bond acceptors (Lipinski definition) is 5. The van der Waals surface area contributed by atoms with Gasteiger partial charge in [0.05, 0.1) is 17.3 Å². The molecule has 2 aromatic heterocycles. The summed E-state index contributed by atoms with van der Waals surface area (Å²) in [5.74, 6) is 0.808. The van der Waals surface area contributed by atoms with Crippen molar-refractivity contribution < 1.29 is 14.3 Å². The summed E-state index contributed by atoms with van der Waals surface area (Å²) in [6, 6.07) is 1.84. The number of fused-ring (bicyclic) bond motifs is 1. The maximum Gasteiger partial charge on any atom is 0.410 e. The van der Waals surface area contributed by atoms with Crippen LogP contribution in [0.4, 0.5) is 10.6 Å². The van der Waals surface area contributed by atoms with Gasteiger partial charge in [0.1, 0.15) is 17.7 Å². The Balaban J connectivity index is 1.85. The molecule has 1 fully saturated rings. The van der Waals surface area contributed by atoms with Gasteiger partial charge in [0, 0.05) is 30.7 Å². The normalized spacial score (nSPS) is 15.4. The SMILES string of the molecule is CC(=O)c1cc(Br)c2cncn2c1N1CCN(C(=O)OC(C)(C)C)CC1. The molecule has 0 aliphatic carbocycles. The number of amides is 1. The molecule has 0 atom stereocenters. The van der Waals surface area contributed by atoms with E-state index in [1.54, 1.807) is 24.3 Å². The van der Waals surface area contributed by atoms with Gasteiger partial charge in [-0.25, -0.2) is 9.78 Å². The third kappa shape index (κ3) is 3.70. The number of nitrogens with zero attached hydrogens (tertiary/aromatic N) is 4. The minimum absolute atomic E-state index is 0.00845. The molecule has 0 bridgehead atoms. The van der Waals surface area contributed by atoms with Crippen LogP contribution >= 0.6 is 15.9 Å². The highest BCUT2D eigenvalue weighted by atomic mass is 79.9. The van der Waals surface area contributed by atoms with E-state index in [4.69, 9.17) is 4.74 Å². The van der Waals surface area contributed by atoms with E-state index in [0.29, 0.717) is 31.7 Å². The van der Waals surface area contributed by atoms with E-state index in [1.165, 1.54) is 0 Å². The summed E-state index contributed by atoms with van der Waals surface area (Å²) >= 11 is 3.51. The van der Waals surface area contributed by atoms with Gasteiger partial charge in [0.2, 0.25) is 0 Å². The summed E-state index contributed by atoms with van der Waals surface area (Å²) in [5.41, 5.74) is 1.03. The number of anilines is 1. The van der Waals surface area contributed by atoms with Gasteiger partial charge in [0.15, 0.2) is 5.78 Å². The molecule has 0 unspecified atom stereocenters. The third-order valence-electron chi connectivity index (χ3n) is 4.23. The zero-order valence-corrected chi connectivity index (χ0v) is 17.0. The number of aromatic nitrogens is 2. The summed E-state index contributed by atoms with van der Waals surface area (Å²) < 4.78 is 8.20. The Morgan fingerprint density at radius 1 is 1.19 bits per heavy atom. The molecule has 8 heteroatoms. The molecule has 1 aliphatic heterocycles. The lowest BCUT2D eigenvalue weighted by Crippen LogP contribution is -2.50. The van der Waals surface area contributed by atoms with Crippen molar-refractivity contribution in [2.24, 2.45) is 0 Å². The fourth-order valence-electron chi connectivity index (χ4n) is 3.04. The van der Waals surface area contributed by atoms with Crippen LogP contribution in [0.25, 0.3) is 5.52 Å². The van der Waals surface area contributed by atoms with Crippen molar-refractivity contribution in [1.29, 1.82) is 0 Å². The molecule has 3 heterocycles. The molecule has 1 aliphatic rings. The number of imidazole rings is 1. The molecule has 0 radical (unpaired) electrons. The number of piperazine rings is 1. The predicted octanol–water partition coefficient (Wildman–Crippen LogP) is 3.36. The van der Waals surface area contributed by atoms with Crippen molar-refractivity contribution in [2.75, 3.05) is 31.1 Å². The average molecular weight is 423 g/mol. The number of Topliss-reactive ketones (excluding diaryl/α,β-unsaturated/α-hetero) is 1. The van der Waals surface area contributed by atoms with E-state index in [9.17, 15) is 9.59 Å². The van der Waals surface area contributed by atoms with Gasteiger partial charge in [-0.3, -0.25) is 9.20 Å². The van der Waals surface area contributed by atoms with E-state index in [1.807, 2.05) is 31.2 Å². The number of hydrogen-bond donors (Lipinski definition) is 0. The molecule has 26 heavy (non-hydrogen) atoms. The zero-order valence-electron chi connectivity index (χ0n) is 15.5. The molecule has 0 aromatic carbocycles. The van der Waals surface area contributed by atoms with Crippen LogP contribution in [0.5, 0.6) is 0 Å². The van der Waals surface area contributed by atoms with Crippen LogP contribution in [0.2, 0.25) is 0 Å². The minimum Gasteiger partial charge on any atom is -0.444 e. The van der Waals surface area contributed by atoms with Gasteiger partial charge in [0.25, 0.3) is 0 Å². The quantitative estimate of drug-likeness (QED) is 0.694. The Labute approximate surface area is 161 Å². The highest BCUT2D eigenvalue weighted by Gasteiger charge is 2.28. The van der Waals surface area contributed by atoms with Crippen molar-refractivity contribution >= 4 is 39.1 Å². The summed E-state index contributed by atoms with van der Waals surface area (Å²) in [5, 5.41) is 0. The van der Waals surface area contributed by atoms with Gasteiger partial charge in [-0.15, -0.1) is 0 Å². The van der Waals surface area contributed by atoms with Crippen LogP contribution in [0, 0.1) is 0 Å². The molecule has 3 rings (SSSR count). The number of halogens is 1. The van der Waals surface area contributed by atoms with Gasteiger partial charge in [-0.1, -0.05) is 0 Å². The number of carbonyl (C=O) groups excluding carboxylic acids is 2. The largest absolute Gasteiger partial charge is 0.444 e. The molecule has 0 saturated carbocycles. The number of ketones is 1. The number of pyridine rings is 1. The lowest BCUT2D eigenvalue weighted by molar-refractivity contribution is 0.0240. The second-order valence-electron chi connectivity index (χ2n) is 7.39. The molecule has 0 N–H and O–H groups in total. The number of ether oxygens (including phenoxy) is 1. The second kappa shape index (κ2) is 6.90. The fraction of sp³-hybridized carbons (Fsp3) is 0.500. The van der Waals surface area contributed by atoms with Gasteiger partial charge >= 0.3 is 6.09 Å². The lowest BCUT2D eigenvalue weighted by Gasteiger charge is -2.37. The molecule has 7 nitrogen and oxygen atoms in total. The van der Waals surface area contributed by atoms with Crippen LogP contribution in [0.3, 0.4) is 0 Å². The van der Waals surface area contributed by atoms with Crippen molar-refractivity contribution in [3.8, 4) is 0 Å². The van der Waals surface area contributed by atoms with E-state index < -0.39 is 5.60 Å². The first-order valence-electron chi connectivity index (χ1n) is 8.56. The zero-order chi connectivity index (χ0) is 19.1. The Morgan fingerprint density at radius 2 is 1.85 bits per heavy atom. The Hall–Kier alpha value is -2.09. The van der Waals surface area contributed by atoms with Crippen LogP contribution in [-0.4, -0.2) is 57.9 Å². The van der Waals surface area contributed by atoms with Gasteiger partial charge in [-0.2, -0.15) is 0 Å². The van der Waals surface area contributed by atoms with E-state index in [2.05, 4.69) is 25.8 Å². The molecular formula is C18H23BrN4O3. The standard InChI is InChI=1S/C18H23BrN4O3/c1-12(24)13-9-14(19)15-10-20-11-23(15)16(13)21-5-7-22(8-6-21)17(25)26-18(2,3)4/h9-11H,5-8H2,1-4H3. The third-order valence-corrected chi connectivity index (χ3v) is 4.87. The van der Waals surface area contributed by atoms with Crippen molar-refractivity contribution in [2.45, 2.75) is 33.3 Å². The van der Waals surface area contributed by atoms with E-state index >= 15 is 0 Å². The second-order valence-corrected chi connectivity index (χ2v) is 8.24. The Morgan fingerprint density at radius 3 is 2.42 bits per heavy atom. The highest BCUT2D eigenvalue weighted by Crippen LogP contribution is 2.30. The van der Waals surface area contributed by atoms with Crippen LogP contribution in [-0.2, 0) is 4.74 Å². The predicted molar refractivity (Wildman–Crippen MR) is 103 cm³/mol. The molecule has 0 spiro atoms. The highest BCUT2D eigenvalue weighted by molar-refractivity contribution is 9.10. The number of rotatable bonds is 2. The Bertz CT molecular complexity index is 848. The van der Waals surface area contributed by atoms with Crippen LogP contribution in [0.15, 0.2) is 23.1 Å². The molecule has 140 valence electrons. The summed E-state index contributed by atoms with van der Waals surface area (Å²) in [6.07, 6.45) is 3.17. The van der Waals surface area contributed by atoms with Gasteiger partial charge < -0.3 is 14.5 Å². The first-order chi connectivity index (χ1) is 12.2. The Kier molecular flexibility index (Phi) is 4.96. The van der Waals surface area contributed by atoms with Crippen LogP contribution < -0.4 is 4.90 Å². The molecule has 2 aromatic rings. The van der Waals surface area contributed by atoms with E-state index in [-0.39, 0.29) is 11.9 Å². The summed E-state index contributed by atoms with van der Waals surface area (Å²) in [4.78, 5) is 32.5. The summed E-state index contributed by atoms with van der Waals surface area (Å²) in [6.45, 7) is 9.46. The first-order valence-corrected chi connectivity index (χ1v) is 9.35. The van der Waals surface area contributed by atoms with Crippen molar-refractivity contribution in [3.63, 3.8) is 0 Å². The van der Waals surface area contributed by atoms with Crippen LogP contribution in [0.1, 0.15) is 38.1 Å². The van der Waals surface area contributed by atoms with Crippen molar-refractivity contribution in [1.82, 2.24) is 14.3 Å².